The van der Waals surface area contributed by atoms with E-state index < -0.39 is 6.04 Å². The molecule has 2 rings (SSSR count). The van der Waals surface area contributed by atoms with Crippen LogP contribution >= 0.6 is 0 Å². The van der Waals surface area contributed by atoms with Crippen molar-refractivity contribution < 1.29 is 9.53 Å². The lowest BCUT2D eigenvalue weighted by Crippen LogP contribution is -2.43. The zero-order valence-electron chi connectivity index (χ0n) is 12.3. The molecule has 110 valence electrons. The van der Waals surface area contributed by atoms with Gasteiger partial charge in [0.15, 0.2) is 0 Å². The largest absolute Gasteiger partial charge is 0.384 e. The Morgan fingerprint density at radius 3 is 2.50 bits per heavy atom. The van der Waals surface area contributed by atoms with Crippen LogP contribution in [-0.2, 0) is 9.53 Å². The third-order valence-electron chi connectivity index (χ3n) is 4.03. The maximum Gasteiger partial charge on any atom is 0.244 e. The predicted octanol–water partition coefficient (Wildman–Crippen LogP) is 1.88. The van der Waals surface area contributed by atoms with Crippen LogP contribution in [0, 0.1) is 12.8 Å². The highest BCUT2D eigenvalue weighted by Crippen LogP contribution is 2.21. The number of aryl methyl sites for hydroxylation is 1. The quantitative estimate of drug-likeness (QED) is 0.913. The first-order valence-electron chi connectivity index (χ1n) is 7.21. The minimum atomic E-state index is -0.547. The second-order valence-electron chi connectivity index (χ2n) is 5.61. The van der Waals surface area contributed by atoms with Crippen LogP contribution in [0.4, 0.5) is 0 Å². The Hall–Kier alpha value is -1.39. The predicted molar refractivity (Wildman–Crippen MR) is 79.3 cm³/mol. The summed E-state index contributed by atoms with van der Waals surface area (Å²) in [4.78, 5) is 14.3. The van der Waals surface area contributed by atoms with Crippen molar-refractivity contribution in [1.82, 2.24) is 4.90 Å². The summed E-state index contributed by atoms with van der Waals surface area (Å²) in [6.45, 7) is 4.38. The Morgan fingerprint density at radius 1 is 1.35 bits per heavy atom. The average Bonchev–Trinajstić information content (AvgIpc) is 2.48. The molecule has 1 aliphatic heterocycles. The van der Waals surface area contributed by atoms with Gasteiger partial charge < -0.3 is 15.4 Å². The molecule has 20 heavy (non-hydrogen) atoms. The van der Waals surface area contributed by atoms with E-state index in [1.54, 1.807) is 7.11 Å². The van der Waals surface area contributed by atoms with Crippen molar-refractivity contribution in [2.45, 2.75) is 25.8 Å². The van der Waals surface area contributed by atoms with E-state index in [0.29, 0.717) is 5.92 Å². The van der Waals surface area contributed by atoms with Crippen LogP contribution in [0.15, 0.2) is 24.3 Å². The Labute approximate surface area is 120 Å². The molecule has 0 aliphatic carbocycles. The number of hydrogen-bond donors (Lipinski definition) is 1. The first-order chi connectivity index (χ1) is 9.61. The number of amides is 1. The summed E-state index contributed by atoms with van der Waals surface area (Å²) in [5.41, 5.74) is 8.16. The van der Waals surface area contributed by atoms with Crippen LogP contribution < -0.4 is 5.73 Å². The SMILES string of the molecule is COCC1CCN(C(=O)C(N)c2ccc(C)cc2)CC1. The van der Waals surface area contributed by atoms with Gasteiger partial charge in [0.2, 0.25) is 5.91 Å². The molecule has 1 heterocycles. The minimum absolute atomic E-state index is 0.0321. The van der Waals surface area contributed by atoms with Crippen molar-refractivity contribution in [3.8, 4) is 0 Å². The lowest BCUT2D eigenvalue weighted by atomic mass is 9.96. The van der Waals surface area contributed by atoms with Gasteiger partial charge in [0.1, 0.15) is 6.04 Å². The fraction of sp³-hybridized carbons (Fsp3) is 0.562. The van der Waals surface area contributed by atoms with Crippen LogP contribution in [0.2, 0.25) is 0 Å². The topological polar surface area (TPSA) is 55.6 Å². The summed E-state index contributed by atoms with van der Waals surface area (Å²) in [6.07, 6.45) is 2.00. The van der Waals surface area contributed by atoms with Gasteiger partial charge in [-0.2, -0.15) is 0 Å². The van der Waals surface area contributed by atoms with Crippen LogP contribution in [0.25, 0.3) is 0 Å². The highest BCUT2D eigenvalue weighted by atomic mass is 16.5. The number of likely N-dealkylation sites (tertiary alicyclic amines) is 1. The first kappa shape index (κ1) is 15.0. The van der Waals surface area contributed by atoms with Crippen LogP contribution in [0.1, 0.15) is 30.0 Å². The van der Waals surface area contributed by atoms with E-state index in [4.69, 9.17) is 10.5 Å². The summed E-state index contributed by atoms with van der Waals surface area (Å²) in [7, 11) is 1.73. The number of rotatable bonds is 4. The molecule has 0 aromatic heterocycles. The molecule has 0 saturated carbocycles. The molecule has 1 fully saturated rings. The number of piperidine rings is 1. The van der Waals surface area contributed by atoms with E-state index in [-0.39, 0.29) is 5.91 Å². The molecule has 1 amide bonds. The minimum Gasteiger partial charge on any atom is -0.384 e. The molecule has 0 radical (unpaired) electrons. The van der Waals surface area contributed by atoms with Gasteiger partial charge in [-0.3, -0.25) is 4.79 Å². The number of carbonyl (C=O) groups excluding carboxylic acids is 1. The number of nitrogens with zero attached hydrogens (tertiary/aromatic N) is 1. The van der Waals surface area contributed by atoms with Gasteiger partial charge in [0, 0.05) is 26.8 Å². The molecule has 1 aliphatic rings. The van der Waals surface area contributed by atoms with E-state index in [9.17, 15) is 4.79 Å². The van der Waals surface area contributed by atoms with Gasteiger partial charge in [0.25, 0.3) is 0 Å². The molecule has 4 heteroatoms. The van der Waals surface area contributed by atoms with Crippen LogP contribution in [0.5, 0.6) is 0 Å². The first-order valence-corrected chi connectivity index (χ1v) is 7.21. The molecule has 1 unspecified atom stereocenters. The standard InChI is InChI=1S/C16H24N2O2/c1-12-3-5-14(6-4-12)15(17)16(19)18-9-7-13(8-10-18)11-20-2/h3-6,13,15H,7-11,17H2,1-2H3. The Morgan fingerprint density at radius 2 is 1.95 bits per heavy atom. The molecule has 4 nitrogen and oxygen atoms in total. The van der Waals surface area contributed by atoms with E-state index in [2.05, 4.69) is 0 Å². The van der Waals surface area contributed by atoms with E-state index >= 15 is 0 Å². The van der Waals surface area contributed by atoms with Crippen LogP contribution in [0.3, 0.4) is 0 Å². The van der Waals surface area contributed by atoms with Gasteiger partial charge in [-0.05, 0) is 31.2 Å². The van der Waals surface area contributed by atoms with Crippen molar-refractivity contribution in [2.75, 3.05) is 26.8 Å². The fourth-order valence-electron chi connectivity index (χ4n) is 2.67. The van der Waals surface area contributed by atoms with E-state index in [1.165, 1.54) is 5.56 Å². The molecule has 2 N–H and O–H groups in total. The monoisotopic (exact) mass is 276 g/mol. The number of carbonyl (C=O) groups is 1. The molecule has 1 aromatic carbocycles. The number of ether oxygens (including phenoxy) is 1. The Balaban J connectivity index is 1.93. The number of methoxy groups -OCH3 is 1. The smallest absolute Gasteiger partial charge is 0.244 e. The summed E-state index contributed by atoms with van der Waals surface area (Å²) < 4.78 is 5.18. The third kappa shape index (κ3) is 3.58. The molecule has 0 bridgehead atoms. The van der Waals surface area contributed by atoms with Crippen molar-refractivity contribution >= 4 is 5.91 Å². The molecule has 1 atom stereocenters. The molecule has 1 saturated heterocycles. The van der Waals surface area contributed by atoms with Gasteiger partial charge >= 0.3 is 0 Å². The third-order valence-corrected chi connectivity index (χ3v) is 4.03. The van der Waals surface area contributed by atoms with Crippen LogP contribution in [-0.4, -0.2) is 37.6 Å². The Kier molecular flexibility index (Phi) is 5.15. The second kappa shape index (κ2) is 6.86. The summed E-state index contributed by atoms with van der Waals surface area (Å²) in [6, 6.07) is 7.32. The maximum absolute atomic E-state index is 12.4. The number of hydrogen-bond acceptors (Lipinski definition) is 3. The van der Waals surface area contributed by atoms with E-state index in [1.807, 2.05) is 36.1 Å². The van der Waals surface area contributed by atoms with Crippen molar-refractivity contribution in [1.29, 1.82) is 0 Å². The van der Waals surface area contributed by atoms with Crippen molar-refractivity contribution in [3.63, 3.8) is 0 Å². The van der Waals surface area contributed by atoms with Gasteiger partial charge in [-0.1, -0.05) is 29.8 Å². The summed E-state index contributed by atoms with van der Waals surface area (Å²) in [5.74, 6) is 0.601. The Bertz CT molecular complexity index is 436. The molecular weight excluding hydrogens is 252 g/mol. The van der Waals surface area contributed by atoms with Crippen molar-refractivity contribution in [2.24, 2.45) is 11.7 Å². The molecular formula is C16H24N2O2. The zero-order valence-corrected chi connectivity index (χ0v) is 12.3. The van der Waals surface area contributed by atoms with Crippen molar-refractivity contribution in [3.05, 3.63) is 35.4 Å². The summed E-state index contributed by atoms with van der Waals surface area (Å²) in [5, 5.41) is 0. The second-order valence-corrected chi connectivity index (χ2v) is 5.61. The normalized spacial score (nSPS) is 18.1. The maximum atomic E-state index is 12.4. The highest BCUT2D eigenvalue weighted by Gasteiger charge is 2.26. The lowest BCUT2D eigenvalue weighted by molar-refractivity contribution is -0.134. The molecule has 0 spiro atoms. The number of benzene rings is 1. The highest BCUT2D eigenvalue weighted by molar-refractivity contribution is 5.83. The van der Waals surface area contributed by atoms with Gasteiger partial charge in [-0.25, -0.2) is 0 Å². The van der Waals surface area contributed by atoms with Gasteiger partial charge in [-0.15, -0.1) is 0 Å². The fourth-order valence-corrected chi connectivity index (χ4v) is 2.67. The zero-order chi connectivity index (χ0) is 14.5. The number of nitrogens with two attached hydrogens (primary N) is 1. The average molecular weight is 276 g/mol. The van der Waals surface area contributed by atoms with E-state index in [0.717, 1.165) is 38.1 Å². The lowest BCUT2D eigenvalue weighted by Gasteiger charge is -2.33. The molecule has 1 aromatic rings. The van der Waals surface area contributed by atoms with Gasteiger partial charge in [0.05, 0.1) is 0 Å². The summed E-state index contributed by atoms with van der Waals surface area (Å²) >= 11 is 0.